The molecular weight excluding hydrogens is 392 g/mol. The maximum Gasteiger partial charge on any atom is 0.281 e. The van der Waals surface area contributed by atoms with Crippen LogP contribution in [0.5, 0.6) is 0 Å². The lowest BCUT2D eigenvalue weighted by molar-refractivity contribution is -0.136. The van der Waals surface area contributed by atoms with Crippen LogP contribution in [0.3, 0.4) is 0 Å². The molecule has 1 aliphatic carbocycles. The number of amides is 1. The van der Waals surface area contributed by atoms with E-state index in [1.807, 2.05) is 60.7 Å². The Bertz CT molecular complexity index is 984. The van der Waals surface area contributed by atoms with Crippen molar-refractivity contribution in [2.24, 2.45) is 5.10 Å². The fourth-order valence-corrected chi connectivity index (χ4v) is 3.66. The van der Waals surface area contributed by atoms with Crippen LogP contribution in [0.1, 0.15) is 16.7 Å². The molecule has 0 radical (unpaired) electrons. The first-order valence-electron chi connectivity index (χ1n) is 8.12. The second-order valence-corrected chi connectivity index (χ2v) is 6.88. The van der Waals surface area contributed by atoms with Crippen LogP contribution in [0, 0.1) is 0 Å². The molecule has 3 aromatic rings. The standard InChI is InChI=1S/C21H15BrN2O2/c22-19-12-6-1-7-14(19)13-23-24-20(25)21(26)17-10-4-2-8-15(17)16-9-3-5-11-18(16)21/h1-13,26H,(H,24,25)/b23-13+. The summed E-state index contributed by atoms with van der Waals surface area (Å²) in [5.41, 5.74) is 4.39. The zero-order valence-corrected chi connectivity index (χ0v) is 15.3. The average Bonchev–Trinajstić information content (AvgIpc) is 2.94. The molecule has 1 aliphatic rings. The van der Waals surface area contributed by atoms with E-state index >= 15 is 0 Å². The lowest BCUT2D eigenvalue weighted by atomic mass is 9.91. The topological polar surface area (TPSA) is 61.7 Å². The molecule has 0 fully saturated rings. The molecule has 0 aromatic heterocycles. The number of carbonyl (C=O) groups excluding carboxylic acids is 1. The third-order valence-electron chi connectivity index (χ3n) is 4.53. The van der Waals surface area contributed by atoms with Crippen molar-refractivity contribution in [2.75, 3.05) is 0 Å². The van der Waals surface area contributed by atoms with Gasteiger partial charge in [0.05, 0.1) is 6.21 Å². The highest BCUT2D eigenvalue weighted by Gasteiger charge is 2.47. The molecule has 0 unspecified atom stereocenters. The van der Waals surface area contributed by atoms with E-state index in [-0.39, 0.29) is 0 Å². The van der Waals surface area contributed by atoms with E-state index in [9.17, 15) is 9.90 Å². The Morgan fingerprint density at radius 2 is 1.46 bits per heavy atom. The van der Waals surface area contributed by atoms with E-state index in [0.717, 1.165) is 21.2 Å². The molecule has 3 aromatic carbocycles. The van der Waals surface area contributed by atoms with Crippen LogP contribution in [-0.4, -0.2) is 17.2 Å². The first-order valence-corrected chi connectivity index (χ1v) is 8.91. The van der Waals surface area contributed by atoms with Gasteiger partial charge < -0.3 is 5.11 Å². The van der Waals surface area contributed by atoms with Gasteiger partial charge in [-0.05, 0) is 17.2 Å². The minimum Gasteiger partial charge on any atom is -0.372 e. The summed E-state index contributed by atoms with van der Waals surface area (Å²) in [5, 5.41) is 15.3. The van der Waals surface area contributed by atoms with Gasteiger partial charge in [0.1, 0.15) is 0 Å². The van der Waals surface area contributed by atoms with Crippen LogP contribution in [0.15, 0.2) is 82.4 Å². The fraction of sp³-hybridized carbons (Fsp3) is 0.0476. The lowest BCUT2D eigenvalue weighted by Gasteiger charge is -2.23. The smallest absolute Gasteiger partial charge is 0.281 e. The Labute approximate surface area is 159 Å². The summed E-state index contributed by atoms with van der Waals surface area (Å²) < 4.78 is 0.869. The highest BCUT2D eigenvalue weighted by Crippen LogP contribution is 2.47. The van der Waals surface area contributed by atoms with Gasteiger partial charge in [0.25, 0.3) is 5.91 Å². The molecule has 0 saturated heterocycles. The number of benzene rings is 3. The maximum atomic E-state index is 12.9. The van der Waals surface area contributed by atoms with Crippen molar-refractivity contribution in [2.45, 2.75) is 5.60 Å². The molecule has 26 heavy (non-hydrogen) atoms. The predicted molar refractivity (Wildman–Crippen MR) is 105 cm³/mol. The molecule has 0 heterocycles. The van der Waals surface area contributed by atoms with Crippen molar-refractivity contribution < 1.29 is 9.90 Å². The molecule has 0 aliphatic heterocycles. The van der Waals surface area contributed by atoms with Gasteiger partial charge in [-0.15, -0.1) is 0 Å². The summed E-state index contributed by atoms with van der Waals surface area (Å²) in [6.45, 7) is 0. The van der Waals surface area contributed by atoms with Crippen molar-refractivity contribution in [1.82, 2.24) is 5.43 Å². The van der Waals surface area contributed by atoms with E-state index < -0.39 is 11.5 Å². The van der Waals surface area contributed by atoms with E-state index in [1.54, 1.807) is 12.1 Å². The minimum absolute atomic E-state index is 0.565. The van der Waals surface area contributed by atoms with Gasteiger partial charge in [0.2, 0.25) is 0 Å². The Hall–Kier alpha value is -2.76. The minimum atomic E-state index is -1.77. The molecule has 4 rings (SSSR count). The number of hydrazone groups is 1. The first-order chi connectivity index (χ1) is 12.6. The Kier molecular flexibility index (Phi) is 4.18. The third-order valence-corrected chi connectivity index (χ3v) is 5.25. The van der Waals surface area contributed by atoms with Crippen molar-refractivity contribution in [3.05, 3.63) is 94.0 Å². The molecule has 128 valence electrons. The average molecular weight is 407 g/mol. The number of halogens is 1. The van der Waals surface area contributed by atoms with Crippen LogP contribution >= 0.6 is 15.9 Å². The van der Waals surface area contributed by atoms with Crippen molar-refractivity contribution >= 4 is 28.1 Å². The zero-order chi connectivity index (χ0) is 18.1. The number of fused-ring (bicyclic) bond motifs is 3. The Morgan fingerprint density at radius 1 is 0.923 bits per heavy atom. The zero-order valence-electron chi connectivity index (χ0n) is 13.7. The van der Waals surface area contributed by atoms with Gasteiger partial charge >= 0.3 is 0 Å². The first kappa shape index (κ1) is 16.7. The third kappa shape index (κ3) is 2.57. The van der Waals surface area contributed by atoms with Crippen molar-refractivity contribution in [3.63, 3.8) is 0 Å². The van der Waals surface area contributed by atoms with Crippen LogP contribution in [0.4, 0.5) is 0 Å². The number of aliphatic hydroxyl groups is 1. The lowest BCUT2D eigenvalue weighted by Crippen LogP contribution is -2.42. The van der Waals surface area contributed by atoms with Gasteiger partial charge in [-0.1, -0.05) is 82.7 Å². The summed E-state index contributed by atoms with van der Waals surface area (Å²) in [6, 6.07) is 22.3. The predicted octanol–water partition coefficient (Wildman–Crippen LogP) is 3.82. The maximum absolute atomic E-state index is 12.9. The van der Waals surface area contributed by atoms with Crippen molar-refractivity contribution in [3.8, 4) is 11.1 Å². The van der Waals surface area contributed by atoms with E-state index in [4.69, 9.17) is 0 Å². The molecule has 1 amide bonds. The molecule has 5 heteroatoms. The highest BCUT2D eigenvalue weighted by molar-refractivity contribution is 9.10. The molecule has 0 saturated carbocycles. The SMILES string of the molecule is O=C(N/N=C/c1ccccc1Br)C1(O)c2ccccc2-c2ccccc21. The summed E-state index contributed by atoms with van der Waals surface area (Å²) in [6.07, 6.45) is 1.54. The summed E-state index contributed by atoms with van der Waals surface area (Å²) in [5.74, 6) is -0.585. The Balaban J connectivity index is 1.68. The van der Waals surface area contributed by atoms with Crippen LogP contribution in [-0.2, 0) is 10.4 Å². The quantitative estimate of drug-likeness (QED) is 0.512. The van der Waals surface area contributed by atoms with Crippen LogP contribution in [0.25, 0.3) is 11.1 Å². The number of nitrogens with one attached hydrogen (secondary N) is 1. The van der Waals surface area contributed by atoms with E-state index in [0.29, 0.717) is 11.1 Å². The number of hydrogen-bond donors (Lipinski definition) is 2. The fourth-order valence-electron chi connectivity index (χ4n) is 3.28. The summed E-state index contributed by atoms with van der Waals surface area (Å²) >= 11 is 3.43. The van der Waals surface area contributed by atoms with Gasteiger partial charge in [0, 0.05) is 21.2 Å². The molecule has 4 nitrogen and oxygen atoms in total. The van der Waals surface area contributed by atoms with E-state index in [1.165, 1.54) is 6.21 Å². The van der Waals surface area contributed by atoms with E-state index in [2.05, 4.69) is 26.5 Å². The molecular formula is C21H15BrN2O2. The van der Waals surface area contributed by atoms with Gasteiger partial charge in [-0.2, -0.15) is 5.10 Å². The monoisotopic (exact) mass is 406 g/mol. The number of carbonyl (C=O) groups is 1. The largest absolute Gasteiger partial charge is 0.372 e. The summed E-state index contributed by atoms with van der Waals surface area (Å²) in [4.78, 5) is 12.9. The number of hydrogen-bond acceptors (Lipinski definition) is 3. The molecule has 0 spiro atoms. The second kappa shape index (κ2) is 6.52. The highest BCUT2D eigenvalue weighted by atomic mass is 79.9. The van der Waals surface area contributed by atoms with Gasteiger partial charge in [0.15, 0.2) is 5.60 Å². The van der Waals surface area contributed by atoms with Crippen LogP contribution < -0.4 is 5.43 Å². The Morgan fingerprint density at radius 3 is 2.08 bits per heavy atom. The summed E-state index contributed by atoms with van der Waals surface area (Å²) in [7, 11) is 0. The van der Waals surface area contributed by atoms with Crippen LogP contribution in [0.2, 0.25) is 0 Å². The molecule has 0 bridgehead atoms. The molecule has 0 atom stereocenters. The van der Waals surface area contributed by atoms with Gasteiger partial charge in [-0.3, -0.25) is 4.79 Å². The second-order valence-electron chi connectivity index (χ2n) is 6.02. The van der Waals surface area contributed by atoms with Crippen molar-refractivity contribution in [1.29, 1.82) is 0 Å². The number of nitrogens with zero attached hydrogens (tertiary/aromatic N) is 1. The number of rotatable bonds is 3. The van der Waals surface area contributed by atoms with Gasteiger partial charge in [-0.25, -0.2) is 5.43 Å². The normalized spacial score (nSPS) is 14.1. The molecule has 2 N–H and O–H groups in total.